The van der Waals surface area contributed by atoms with E-state index in [1.165, 1.54) is 7.11 Å². The highest BCUT2D eigenvalue weighted by Gasteiger charge is 2.00. The van der Waals surface area contributed by atoms with Gasteiger partial charge in [0.2, 0.25) is 0 Å². The predicted octanol–water partition coefficient (Wildman–Crippen LogP) is 2.71. The number of esters is 1. The number of methoxy groups -OCH3 is 1. The summed E-state index contributed by atoms with van der Waals surface area (Å²) in [6.45, 7) is 1.80. The van der Waals surface area contributed by atoms with Crippen molar-refractivity contribution in [1.82, 2.24) is 0 Å². The van der Waals surface area contributed by atoms with Gasteiger partial charge in [-0.15, -0.1) is 0 Å². The molecule has 0 aromatic carbocycles. The van der Waals surface area contributed by atoms with E-state index < -0.39 is 5.97 Å². The summed E-state index contributed by atoms with van der Waals surface area (Å²) >= 11 is 0. The van der Waals surface area contributed by atoms with Gasteiger partial charge in [-0.2, -0.15) is 0 Å². The van der Waals surface area contributed by atoms with Gasteiger partial charge in [0.1, 0.15) is 0 Å². The number of rotatable bonds is 9. The molecule has 0 saturated heterocycles. The summed E-state index contributed by atoms with van der Waals surface area (Å²) < 4.78 is 4.40. The Morgan fingerprint density at radius 1 is 1.24 bits per heavy atom. The van der Waals surface area contributed by atoms with Crippen LogP contribution in [-0.4, -0.2) is 29.4 Å². The lowest BCUT2D eigenvalue weighted by Crippen LogP contribution is -1.98. The van der Waals surface area contributed by atoms with Crippen LogP contribution in [0.4, 0.5) is 0 Å². The molecular weight excluding hydrogens is 220 g/mol. The second-order valence-electron chi connectivity index (χ2n) is 4.31. The molecule has 0 saturated carbocycles. The highest BCUT2D eigenvalue weighted by Crippen LogP contribution is 2.11. The van der Waals surface area contributed by atoms with Gasteiger partial charge in [-0.25, -0.2) is 4.79 Å². The van der Waals surface area contributed by atoms with E-state index in [4.69, 9.17) is 5.11 Å². The van der Waals surface area contributed by atoms with Gasteiger partial charge >= 0.3 is 5.97 Å². The third-order valence-electron chi connectivity index (χ3n) is 2.54. The molecule has 4 nitrogen and oxygen atoms in total. The lowest BCUT2D eigenvalue weighted by molar-refractivity contribution is -0.135. The van der Waals surface area contributed by atoms with Crippen LogP contribution in [0.5, 0.6) is 0 Å². The summed E-state index contributed by atoms with van der Waals surface area (Å²) in [4.78, 5) is 10.8. The lowest BCUT2D eigenvalue weighted by atomic mass is 10.1. The molecule has 1 atom stereocenters. The molecule has 0 aromatic heterocycles. The van der Waals surface area contributed by atoms with Gasteiger partial charge in [0.25, 0.3) is 0 Å². The van der Waals surface area contributed by atoms with Gasteiger partial charge in [0.15, 0.2) is 0 Å². The van der Waals surface area contributed by atoms with Crippen molar-refractivity contribution in [2.24, 2.45) is 0 Å². The van der Waals surface area contributed by atoms with Crippen molar-refractivity contribution in [1.29, 1.82) is 0 Å². The van der Waals surface area contributed by atoms with Crippen LogP contribution < -0.4 is 0 Å². The topological polar surface area (TPSA) is 66.8 Å². The summed E-state index contributed by atoms with van der Waals surface area (Å²) in [5, 5.41) is 18.4. The number of aliphatic hydroxyl groups excluding tert-OH is 2. The Balaban J connectivity index is 3.39. The van der Waals surface area contributed by atoms with Gasteiger partial charge in [-0.1, -0.05) is 25.7 Å². The van der Waals surface area contributed by atoms with Crippen LogP contribution in [0.3, 0.4) is 0 Å². The minimum Gasteiger partial charge on any atom is -0.512 e. The molecule has 0 aromatic rings. The number of ether oxygens (including phenoxy) is 1. The Labute approximate surface area is 103 Å². The first kappa shape index (κ1) is 16.0. The second kappa shape index (κ2) is 10.1. The van der Waals surface area contributed by atoms with Crippen LogP contribution in [0.25, 0.3) is 0 Å². The second-order valence-corrected chi connectivity index (χ2v) is 4.31. The average Bonchev–Trinajstić information content (AvgIpc) is 2.27. The third kappa shape index (κ3) is 11.2. The van der Waals surface area contributed by atoms with Crippen molar-refractivity contribution in [3.8, 4) is 0 Å². The van der Waals surface area contributed by atoms with E-state index >= 15 is 0 Å². The van der Waals surface area contributed by atoms with Gasteiger partial charge in [-0.3, -0.25) is 0 Å². The maximum atomic E-state index is 10.8. The fourth-order valence-corrected chi connectivity index (χ4v) is 1.54. The predicted molar refractivity (Wildman–Crippen MR) is 66.7 cm³/mol. The van der Waals surface area contributed by atoms with Crippen molar-refractivity contribution in [2.45, 2.75) is 58.0 Å². The van der Waals surface area contributed by atoms with Crippen LogP contribution >= 0.6 is 0 Å². The first-order chi connectivity index (χ1) is 8.06. The van der Waals surface area contributed by atoms with E-state index in [9.17, 15) is 9.90 Å². The highest BCUT2D eigenvalue weighted by atomic mass is 16.5. The van der Waals surface area contributed by atoms with Crippen LogP contribution in [0, 0.1) is 0 Å². The van der Waals surface area contributed by atoms with E-state index in [-0.39, 0.29) is 11.9 Å². The molecule has 0 rings (SSSR count). The quantitative estimate of drug-likeness (QED) is 0.283. The summed E-state index contributed by atoms with van der Waals surface area (Å²) in [5.41, 5.74) is 0. The average molecular weight is 244 g/mol. The van der Waals surface area contributed by atoms with Crippen LogP contribution in [-0.2, 0) is 9.53 Å². The molecule has 0 radical (unpaired) electrons. The summed E-state index contributed by atoms with van der Waals surface area (Å²) in [5.74, 6) is -0.430. The number of aliphatic hydroxyl groups is 2. The molecule has 1 unspecified atom stereocenters. The molecule has 0 spiro atoms. The fourth-order valence-electron chi connectivity index (χ4n) is 1.54. The molecule has 2 N–H and O–H groups in total. The molecule has 17 heavy (non-hydrogen) atoms. The number of carbonyl (C=O) groups is 1. The molecule has 4 heteroatoms. The van der Waals surface area contributed by atoms with Gasteiger partial charge < -0.3 is 14.9 Å². The van der Waals surface area contributed by atoms with Crippen LogP contribution in [0.2, 0.25) is 0 Å². The van der Waals surface area contributed by atoms with Crippen LogP contribution in [0.15, 0.2) is 11.8 Å². The monoisotopic (exact) mass is 244 g/mol. The van der Waals surface area contributed by atoms with Crippen molar-refractivity contribution >= 4 is 5.97 Å². The number of allylic oxidation sites excluding steroid dienone is 1. The molecular formula is C13H24O4. The Kier molecular flexibility index (Phi) is 9.53. The zero-order valence-corrected chi connectivity index (χ0v) is 10.8. The molecule has 0 bridgehead atoms. The maximum Gasteiger partial charge on any atom is 0.333 e. The van der Waals surface area contributed by atoms with E-state index in [1.807, 2.05) is 0 Å². The first-order valence-electron chi connectivity index (χ1n) is 6.21. The Hall–Kier alpha value is -1.03. The number of unbranched alkanes of at least 4 members (excludes halogenated alkanes) is 4. The largest absolute Gasteiger partial charge is 0.512 e. The molecule has 0 heterocycles. The Bertz CT molecular complexity index is 234. The summed E-state index contributed by atoms with van der Waals surface area (Å²) in [6.07, 6.45) is 7.42. The van der Waals surface area contributed by atoms with E-state index in [2.05, 4.69) is 4.74 Å². The smallest absolute Gasteiger partial charge is 0.333 e. The number of carbonyl (C=O) groups excluding carboxylic acids is 1. The normalized spacial score (nSPS) is 13.5. The van der Waals surface area contributed by atoms with E-state index in [0.29, 0.717) is 6.42 Å². The lowest BCUT2D eigenvalue weighted by Gasteiger charge is -2.04. The zero-order chi connectivity index (χ0) is 13.1. The summed E-state index contributed by atoms with van der Waals surface area (Å²) in [6, 6.07) is 0. The molecule has 0 aliphatic rings. The molecule has 100 valence electrons. The minimum atomic E-state index is -0.514. The number of hydrogen-bond acceptors (Lipinski definition) is 4. The fraction of sp³-hybridized carbons (Fsp3) is 0.769. The van der Waals surface area contributed by atoms with E-state index in [0.717, 1.165) is 44.6 Å². The van der Waals surface area contributed by atoms with Gasteiger partial charge in [0.05, 0.1) is 25.0 Å². The van der Waals surface area contributed by atoms with Crippen molar-refractivity contribution < 1.29 is 19.7 Å². The van der Waals surface area contributed by atoms with E-state index in [1.54, 1.807) is 6.92 Å². The van der Waals surface area contributed by atoms with Crippen LogP contribution in [0.1, 0.15) is 51.9 Å². The first-order valence-corrected chi connectivity index (χ1v) is 6.21. The molecule has 0 amide bonds. The van der Waals surface area contributed by atoms with Gasteiger partial charge in [-0.05, 0) is 19.8 Å². The SMILES string of the molecule is COC(=O)C=C(O)CCCCCCCC(C)O. The summed E-state index contributed by atoms with van der Waals surface area (Å²) in [7, 11) is 1.29. The third-order valence-corrected chi connectivity index (χ3v) is 2.54. The van der Waals surface area contributed by atoms with Gasteiger partial charge in [0, 0.05) is 6.42 Å². The van der Waals surface area contributed by atoms with Crippen molar-refractivity contribution in [3.63, 3.8) is 0 Å². The standard InChI is InChI=1S/C13H24O4/c1-11(14)8-6-4-3-5-7-9-12(15)10-13(16)17-2/h10-11,14-15H,3-9H2,1-2H3. The van der Waals surface area contributed by atoms with Crippen molar-refractivity contribution in [2.75, 3.05) is 7.11 Å². The minimum absolute atomic E-state index is 0.0841. The molecule has 0 aliphatic carbocycles. The Morgan fingerprint density at radius 3 is 2.41 bits per heavy atom. The maximum absolute atomic E-state index is 10.8. The highest BCUT2D eigenvalue weighted by molar-refractivity contribution is 5.82. The Morgan fingerprint density at radius 2 is 1.82 bits per heavy atom. The number of hydrogen-bond donors (Lipinski definition) is 2. The molecule has 0 fully saturated rings. The molecule has 0 aliphatic heterocycles. The van der Waals surface area contributed by atoms with Crippen molar-refractivity contribution in [3.05, 3.63) is 11.8 Å². The zero-order valence-electron chi connectivity index (χ0n) is 10.8.